The summed E-state index contributed by atoms with van der Waals surface area (Å²) in [4.78, 5) is 28.8. The van der Waals surface area contributed by atoms with Crippen molar-refractivity contribution in [3.8, 4) is 11.1 Å². The second-order valence-corrected chi connectivity index (χ2v) is 13.1. The number of piperazine rings is 1. The zero-order valence-electron chi connectivity index (χ0n) is 29.2. The van der Waals surface area contributed by atoms with Gasteiger partial charge in [0.15, 0.2) is 6.29 Å². The first-order chi connectivity index (χ1) is 24.9. The number of carbonyl (C=O) groups excluding carboxylic acids is 2. The van der Waals surface area contributed by atoms with Crippen LogP contribution in [-0.2, 0) is 38.7 Å². The monoisotopic (exact) mass is 692 g/mol. The highest BCUT2D eigenvalue weighted by atomic mass is 16.7. The summed E-state index contributed by atoms with van der Waals surface area (Å²) in [5.74, 6) is -0.477. The van der Waals surface area contributed by atoms with E-state index in [-0.39, 0.29) is 32.0 Å². The first-order valence-corrected chi connectivity index (χ1v) is 17.8. The molecule has 2 amide bonds. The number of amides is 2. The SMILES string of the molecule is CCOC(=O)CNC(=O)NCc1cccc(-c2cccc(C3OC(CN4CCN(Cc5ccccc5)CC4)CC(c4ccc(CO)cc4)O3)c2)c1. The molecule has 3 unspecified atom stereocenters. The number of hydrogen-bond donors (Lipinski definition) is 3. The minimum atomic E-state index is -0.557. The van der Waals surface area contributed by atoms with Crippen molar-refractivity contribution < 1.29 is 28.9 Å². The Morgan fingerprint density at radius 1 is 0.765 bits per heavy atom. The summed E-state index contributed by atoms with van der Waals surface area (Å²) in [6, 6.07) is 34.4. The number of benzene rings is 4. The van der Waals surface area contributed by atoms with Crippen LogP contribution in [0.4, 0.5) is 4.79 Å². The second-order valence-electron chi connectivity index (χ2n) is 13.1. The van der Waals surface area contributed by atoms with Gasteiger partial charge in [0.1, 0.15) is 6.54 Å². The standard InChI is InChI=1S/C41H48N4O6/c1-2-49-39(47)26-43-41(48)42-25-32-10-6-11-34(22-32)35-12-7-13-36(23-35)40-50-37(24-38(51-40)33-16-14-31(29-46)15-17-33)28-45-20-18-44(19-21-45)27-30-8-4-3-5-9-30/h3-17,22-23,37-38,40,46H,2,18-21,24-29H2,1H3,(H2,42,43,48). The Balaban J connectivity index is 1.12. The highest BCUT2D eigenvalue weighted by Crippen LogP contribution is 2.39. The lowest BCUT2D eigenvalue weighted by Gasteiger charge is -2.41. The van der Waals surface area contributed by atoms with Gasteiger partial charge in [0.25, 0.3) is 0 Å². The van der Waals surface area contributed by atoms with E-state index in [0.717, 1.165) is 79.1 Å². The van der Waals surface area contributed by atoms with Gasteiger partial charge in [0, 0.05) is 57.8 Å². The van der Waals surface area contributed by atoms with E-state index in [1.165, 1.54) is 5.56 Å². The molecule has 268 valence electrons. The Kier molecular flexibility index (Phi) is 12.8. The number of nitrogens with zero attached hydrogens (tertiary/aromatic N) is 2. The maximum atomic E-state index is 12.2. The van der Waals surface area contributed by atoms with Crippen LogP contribution in [0, 0.1) is 0 Å². The van der Waals surface area contributed by atoms with Gasteiger partial charge in [-0.25, -0.2) is 4.79 Å². The number of ether oxygens (including phenoxy) is 3. The third kappa shape index (κ3) is 10.5. The van der Waals surface area contributed by atoms with Crippen LogP contribution in [0.5, 0.6) is 0 Å². The van der Waals surface area contributed by atoms with Crippen LogP contribution >= 0.6 is 0 Å². The van der Waals surface area contributed by atoms with Crippen molar-refractivity contribution in [2.45, 2.75) is 51.5 Å². The van der Waals surface area contributed by atoms with Crippen LogP contribution in [0.2, 0.25) is 0 Å². The molecule has 0 saturated carbocycles. The van der Waals surface area contributed by atoms with Crippen molar-refractivity contribution in [1.29, 1.82) is 0 Å². The van der Waals surface area contributed by atoms with Crippen molar-refractivity contribution in [3.63, 3.8) is 0 Å². The van der Waals surface area contributed by atoms with Gasteiger partial charge < -0.3 is 30.0 Å². The summed E-state index contributed by atoms with van der Waals surface area (Å²) in [6.45, 7) is 7.92. The molecular weight excluding hydrogens is 644 g/mol. The molecule has 51 heavy (non-hydrogen) atoms. The third-order valence-electron chi connectivity index (χ3n) is 9.36. The fourth-order valence-corrected chi connectivity index (χ4v) is 6.63. The maximum absolute atomic E-state index is 12.2. The maximum Gasteiger partial charge on any atom is 0.325 e. The lowest BCUT2D eigenvalue weighted by Crippen LogP contribution is -2.49. The summed E-state index contributed by atoms with van der Waals surface area (Å²) in [7, 11) is 0. The molecule has 0 aliphatic carbocycles. The predicted molar refractivity (Wildman–Crippen MR) is 195 cm³/mol. The van der Waals surface area contributed by atoms with Gasteiger partial charge in [-0.15, -0.1) is 0 Å². The number of esters is 1. The quantitative estimate of drug-likeness (QED) is 0.156. The number of aliphatic hydroxyl groups excluding tert-OH is 1. The Morgan fingerprint density at radius 3 is 2.22 bits per heavy atom. The molecule has 0 aromatic heterocycles. The van der Waals surface area contributed by atoms with E-state index in [1.54, 1.807) is 6.92 Å². The van der Waals surface area contributed by atoms with E-state index in [2.05, 4.69) is 62.9 Å². The molecule has 4 aromatic rings. The zero-order chi connectivity index (χ0) is 35.4. The molecule has 0 spiro atoms. The summed E-state index contributed by atoms with van der Waals surface area (Å²) < 4.78 is 18.3. The number of aliphatic hydroxyl groups is 1. The lowest BCUT2D eigenvalue weighted by molar-refractivity contribution is -0.253. The topological polar surface area (TPSA) is 113 Å². The summed E-state index contributed by atoms with van der Waals surface area (Å²) in [6.07, 6.45) is -0.00574. The molecule has 10 heteroatoms. The van der Waals surface area contributed by atoms with Crippen LogP contribution in [0.15, 0.2) is 103 Å². The molecule has 4 aromatic carbocycles. The molecule has 2 aliphatic heterocycles. The van der Waals surface area contributed by atoms with Crippen LogP contribution in [0.25, 0.3) is 11.1 Å². The van der Waals surface area contributed by atoms with E-state index < -0.39 is 18.3 Å². The van der Waals surface area contributed by atoms with Crippen LogP contribution < -0.4 is 10.6 Å². The van der Waals surface area contributed by atoms with Crippen molar-refractivity contribution in [1.82, 2.24) is 20.4 Å². The molecule has 3 atom stereocenters. The number of carbonyl (C=O) groups is 2. The van der Waals surface area contributed by atoms with Gasteiger partial charge in [0.05, 0.1) is 25.4 Å². The largest absolute Gasteiger partial charge is 0.465 e. The molecule has 2 fully saturated rings. The summed E-state index contributed by atoms with van der Waals surface area (Å²) in [5, 5.41) is 14.9. The number of urea groups is 1. The zero-order valence-corrected chi connectivity index (χ0v) is 29.2. The Bertz CT molecular complexity index is 1710. The van der Waals surface area contributed by atoms with E-state index in [1.807, 2.05) is 60.7 Å². The van der Waals surface area contributed by atoms with E-state index in [4.69, 9.17) is 14.2 Å². The van der Waals surface area contributed by atoms with Crippen molar-refractivity contribution in [2.75, 3.05) is 45.9 Å². The molecule has 10 nitrogen and oxygen atoms in total. The van der Waals surface area contributed by atoms with E-state index >= 15 is 0 Å². The van der Waals surface area contributed by atoms with Crippen molar-refractivity contribution in [2.24, 2.45) is 0 Å². The summed E-state index contributed by atoms with van der Waals surface area (Å²) in [5.41, 5.74) is 7.15. The molecule has 2 saturated heterocycles. The number of nitrogens with one attached hydrogen (secondary N) is 2. The van der Waals surface area contributed by atoms with Crippen LogP contribution in [0.1, 0.15) is 53.6 Å². The van der Waals surface area contributed by atoms with E-state index in [9.17, 15) is 14.7 Å². The van der Waals surface area contributed by atoms with Gasteiger partial charge in [-0.1, -0.05) is 91.0 Å². The van der Waals surface area contributed by atoms with Gasteiger partial charge >= 0.3 is 12.0 Å². The normalized spacial score (nSPS) is 19.7. The second kappa shape index (κ2) is 18.1. The predicted octanol–water partition coefficient (Wildman–Crippen LogP) is 5.57. The molecule has 6 rings (SSSR count). The minimum absolute atomic E-state index is 0.00313. The molecule has 0 bridgehead atoms. The fraction of sp³-hybridized carbons (Fsp3) is 0.366. The average molecular weight is 693 g/mol. The molecular formula is C41H48N4O6. The smallest absolute Gasteiger partial charge is 0.325 e. The third-order valence-corrected chi connectivity index (χ3v) is 9.36. The molecule has 2 aliphatic rings. The minimum Gasteiger partial charge on any atom is -0.465 e. The Hall–Kier alpha value is -4.58. The van der Waals surface area contributed by atoms with Crippen LogP contribution in [-0.4, -0.2) is 78.9 Å². The molecule has 3 N–H and O–H groups in total. The average Bonchev–Trinajstić information content (AvgIpc) is 3.17. The van der Waals surface area contributed by atoms with Gasteiger partial charge in [0.2, 0.25) is 0 Å². The Morgan fingerprint density at radius 2 is 1.47 bits per heavy atom. The highest BCUT2D eigenvalue weighted by Gasteiger charge is 2.34. The van der Waals surface area contributed by atoms with Gasteiger partial charge in [-0.3, -0.25) is 14.6 Å². The number of rotatable bonds is 13. The van der Waals surface area contributed by atoms with Crippen molar-refractivity contribution in [3.05, 3.63) is 131 Å². The fourth-order valence-electron chi connectivity index (χ4n) is 6.63. The van der Waals surface area contributed by atoms with E-state index in [0.29, 0.717) is 6.54 Å². The highest BCUT2D eigenvalue weighted by molar-refractivity contribution is 5.80. The van der Waals surface area contributed by atoms with Gasteiger partial charge in [-0.2, -0.15) is 0 Å². The Labute approximate surface area is 300 Å². The lowest BCUT2D eigenvalue weighted by atomic mass is 9.98. The first-order valence-electron chi connectivity index (χ1n) is 17.8. The molecule has 0 radical (unpaired) electrons. The van der Waals surface area contributed by atoms with Gasteiger partial charge in [-0.05, 0) is 52.4 Å². The summed E-state index contributed by atoms with van der Waals surface area (Å²) >= 11 is 0. The first kappa shape index (κ1) is 36.2. The van der Waals surface area contributed by atoms with Crippen LogP contribution in [0.3, 0.4) is 0 Å². The molecule has 2 heterocycles. The number of hydrogen-bond acceptors (Lipinski definition) is 8. The van der Waals surface area contributed by atoms with Crippen molar-refractivity contribution >= 4 is 12.0 Å².